The van der Waals surface area contributed by atoms with Crippen molar-refractivity contribution in [1.82, 2.24) is 0 Å². The van der Waals surface area contributed by atoms with Crippen LogP contribution in [0.5, 0.6) is 5.75 Å². The Morgan fingerprint density at radius 3 is 2.54 bits per heavy atom. The third kappa shape index (κ3) is 3.48. The Hall–Kier alpha value is -2.62. The number of hydrogen-bond acceptors (Lipinski definition) is 4. The summed E-state index contributed by atoms with van der Waals surface area (Å²) in [4.78, 5) is 24.5. The second kappa shape index (κ2) is 7.30. The van der Waals surface area contributed by atoms with Crippen molar-refractivity contribution in [3.05, 3.63) is 64.7 Å². The van der Waals surface area contributed by atoms with Crippen LogP contribution in [0.1, 0.15) is 44.7 Å². The van der Waals surface area contributed by atoms with Gasteiger partial charge in [0.2, 0.25) is 0 Å². The molecule has 1 aliphatic rings. The number of aryl methyl sites for hydroxylation is 2. The average Bonchev–Trinajstić information content (AvgIpc) is 2.65. The minimum Gasteiger partial charge on any atom is -0.496 e. The molecule has 0 N–H and O–H groups in total. The molecular weight excluding hydrogens is 304 g/mol. The number of ether oxygens (including phenoxy) is 2. The lowest BCUT2D eigenvalue weighted by Crippen LogP contribution is -2.15. The first-order valence-electron chi connectivity index (χ1n) is 8.14. The monoisotopic (exact) mass is 324 g/mol. The van der Waals surface area contributed by atoms with E-state index in [4.69, 9.17) is 9.47 Å². The van der Waals surface area contributed by atoms with Crippen LogP contribution in [0.25, 0.3) is 0 Å². The van der Waals surface area contributed by atoms with Gasteiger partial charge in [0.1, 0.15) is 11.3 Å². The highest BCUT2D eigenvalue weighted by atomic mass is 16.5. The zero-order valence-corrected chi connectivity index (χ0v) is 13.7. The summed E-state index contributed by atoms with van der Waals surface area (Å²) in [5.74, 6) is -0.311. The number of carbonyl (C=O) groups is 2. The Morgan fingerprint density at radius 1 is 1.00 bits per heavy atom. The van der Waals surface area contributed by atoms with E-state index < -0.39 is 5.97 Å². The number of esters is 1. The van der Waals surface area contributed by atoms with Gasteiger partial charge in [-0.3, -0.25) is 4.79 Å². The van der Waals surface area contributed by atoms with Gasteiger partial charge in [-0.2, -0.15) is 0 Å². The van der Waals surface area contributed by atoms with Gasteiger partial charge in [0.15, 0.2) is 12.4 Å². The molecule has 0 amide bonds. The van der Waals surface area contributed by atoms with Gasteiger partial charge >= 0.3 is 5.97 Å². The van der Waals surface area contributed by atoms with Gasteiger partial charge in [-0.15, -0.1) is 0 Å². The Labute approximate surface area is 141 Å². The van der Waals surface area contributed by atoms with E-state index in [1.807, 2.05) is 18.2 Å². The highest BCUT2D eigenvalue weighted by Crippen LogP contribution is 2.23. The average molecular weight is 324 g/mol. The van der Waals surface area contributed by atoms with Gasteiger partial charge in [0.05, 0.1) is 7.11 Å². The number of para-hydroxylation sites is 1. The molecule has 24 heavy (non-hydrogen) atoms. The zero-order chi connectivity index (χ0) is 16.9. The summed E-state index contributed by atoms with van der Waals surface area (Å²) >= 11 is 0. The Balaban J connectivity index is 1.66. The van der Waals surface area contributed by atoms with Gasteiger partial charge in [-0.05, 0) is 55.0 Å². The van der Waals surface area contributed by atoms with Crippen molar-refractivity contribution < 1.29 is 19.1 Å². The van der Waals surface area contributed by atoms with Gasteiger partial charge in [0.25, 0.3) is 0 Å². The molecule has 0 fully saturated rings. The predicted molar refractivity (Wildman–Crippen MR) is 90.7 cm³/mol. The number of benzene rings is 2. The molecule has 0 spiro atoms. The lowest BCUT2D eigenvalue weighted by Gasteiger charge is -2.16. The van der Waals surface area contributed by atoms with Crippen LogP contribution in [-0.4, -0.2) is 25.5 Å². The number of fused-ring (bicyclic) bond motifs is 1. The number of carbonyl (C=O) groups excluding carboxylic acids is 2. The molecule has 0 saturated carbocycles. The quantitative estimate of drug-likeness (QED) is 0.623. The number of ketones is 1. The van der Waals surface area contributed by atoms with Crippen molar-refractivity contribution in [3.63, 3.8) is 0 Å². The second-order valence-corrected chi connectivity index (χ2v) is 5.89. The topological polar surface area (TPSA) is 52.6 Å². The molecular formula is C20H20O4. The van der Waals surface area contributed by atoms with Crippen LogP contribution < -0.4 is 4.74 Å². The van der Waals surface area contributed by atoms with Crippen LogP contribution in [0.4, 0.5) is 0 Å². The predicted octanol–water partition coefficient (Wildman–Crippen LogP) is 3.61. The molecule has 4 heteroatoms. The van der Waals surface area contributed by atoms with Crippen LogP contribution in [-0.2, 0) is 17.6 Å². The van der Waals surface area contributed by atoms with Crippen molar-refractivity contribution in [2.45, 2.75) is 25.7 Å². The van der Waals surface area contributed by atoms with Crippen molar-refractivity contribution >= 4 is 11.8 Å². The van der Waals surface area contributed by atoms with Crippen LogP contribution in [0, 0.1) is 0 Å². The minimum absolute atomic E-state index is 0.188. The van der Waals surface area contributed by atoms with Crippen molar-refractivity contribution in [1.29, 1.82) is 0 Å². The normalized spacial score (nSPS) is 13.0. The van der Waals surface area contributed by atoms with E-state index in [1.165, 1.54) is 24.7 Å². The van der Waals surface area contributed by atoms with Crippen molar-refractivity contribution in [3.8, 4) is 5.75 Å². The Morgan fingerprint density at radius 2 is 1.75 bits per heavy atom. The smallest absolute Gasteiger partial charge is 0.342 e. The molecule has 4 nitrogen and oxygen atoms in total. The molecule has 124 valence electrons. The van der Waals surface area contributed by atoms with E-state index >= 15 is 0 Å². The second-order valence-electron chi connectivity index (χ2n) is 5.89. The van der Waals surface area contributed by atoms with Crippen LogP contribution >= 0.6 is 0 Å². The summed E-state index contributed by atoms with van der Waals surface area (Å²) in [6, 6.07) is 12.6. The fourth-order valence-electron chi connectivity index (χ4n) is 3.01. The SMILES string of the molecule is COc1ccccc1C(=O)OCC(=O)c1ccc2c(c1)CCCC2. The number of Topliss-reactive ketones (excluding diaryl/α,β-unsaturated/α-hetero) is 1. The van der Waals surface area contributed by atoms with E-state index in [1.54, 1.807) is 24.3 Å². The molecule has 0 aromatic heterocycles. The molecule has 0 unspecified atom stereocenters. The van der Waals surface area contributed by atoms with Crippen molar-refractivity contribution in [2.24, 2.45) is 0 Å². The lowest BCUT2D eigenvalue weighted by molar-refractivity contribution is 0.0471. The molecule has 2 aromatic rings. The van der Waals surface area contributed by atoms with E-state index in [0.717, 1.165) is 19.3 Å². The maximum absolute atomic E-state index is 12.3. The van der Waals surface area contributed by atoms with E-state index in [-0.39, 0.29) is 12.4 Å². The molecule has 0 aliphatic heterocycles. The first-order chi connectivity index (χ1) is 11.7. The fraction of sp³-hybridized carbons (Fsp3) is 0.300. The molecule has 2 aromatic carbocycles. The molecule has 3 rings (SSSR count). The van der Waals surface area contributed by atoms with Crippen LogP contribution in [0.15, 0.2) is 42.5 Å². The third-order valence-corrected chi connectivity index (χ3v) is 4.33. The molecule has 0 atom stereocenters. The van der Waals surface area contributed by atoms with E-state index in [2.05, 4.69) is 0 Å². The largest absolute Gasteiger partial charge is 0.496 e. The number of rotatable bonds is 5. The first-order valence-corrected chi connectivity index (χ1v) is 8.14. The summed E-state index contributed by atoms with van der Waals surface area (Å²) < 4.78 is 10.3. The minimum atomic E-state index is -0.557. The zero-order valence-electron chi connectivity index (χ0n) is 13.7. The summed E-state index contributed by atoms with van der Waals surface area (Å²) in [5.41, 5.74) is 3.48. The maximum Gasteiger partial charge on any atom is 0.342 e. The highest BCUT2D eigenvalue weighted by Gasteiger charge is 2.17. The molecule has 0 saturated heterocycles. The molecule has 1 aliphatic carbocycles. The number of hydrogen-bond donors (Lipinski definition) is 0. The van der Waals surface area contributed by atoms with Gasteiger partial charge in [-0.1, -0.05) is 24.3 Å². The Bertz CT molecular complexity index is 764. The maximum atomic E-state index is 12.3. The van der Waals surface area contributed by atoms with E-state index in [0.29, 0.717) is 16.9 Å². The molecule has 0 bridgehead atoms. The van der Waals surface area contributed by atoms with Gasteiger partial charge in [0, 0.05) is 5.56 Å². The summed E-state index contributed by atoms with van der Waals surface area (Å²) in [6.07, 6.45) is 4.45. The fourth-order valence-corrected chi connectivity index (χ4v) is 3.01. The first kappa shape index (κ1) is 16.2. The van der Waals surface area contributed by atoms with Gasteiger partial charge < -0.3 is 9.47 Å². The highest BCUT2D eigenvalue weighted by molar-refractivity contribution is 6.00. The Kier molecular flexibility index (Phi) is 4.94. The summed E-state index contributed by atoms with van der Waals surface area (Å²) in [5, 5.41) is 0. The standard InChI is InChI=1S/C20H20O4/c1-23-19-9-5-4-8-17(19)20(22)24-13-18(21)16-11-10-14-6-2-3-7-15(14)12-16/h4-5,8-12H,2-3,6-7,13H2,1H3. The number of methoxy groups -OCH3 is 1. The van der Waals surface area contributed by atoms with Gasteiger partial charge in [-0.25, -0.2) is 4.79 Å². The van der Waals surface area contributed by atoms with E-state index in [9.17, 15) is 9.59 Å². The van der Waals surface area contributed by atoms with Crippen LogP contribution in [0.3, 0.4) is 0 Å². The van der Waals surface area contributed by atoms with Crippen molar-refractivity contribution in [2.75, 3.05) is 13.7 Å². The van der Waals surface area contributed by atoms with Crippen LogP contribution in [0.2, 0.25) is 0 Å². The molecule has 0 radical (unpaired) electrons. The summed E-state index contributed by atoms with van der Waals surface area (Å²) in [7, 11) is 1.49. The third-order valence-electron chi connectivity index (χ3n) is 4.33. The summed E-state index contributed by atoms with van der Waals surface area (Å²) in [6.45, 7) is -0.268. The molecule has 0 heterocycles. The lowest BCUT2D eigenvalue weighted by atomic mass is 9.90.